The minimum absolute atomic E-state index is 0.00375. The highest BCUT2D eigenvalue weighted by molar-refractivity contribution is 8.27. The zero-order valence-electron chi connectivity index (χ0n) is 17.4. The molecule has 32 heavy (non-hydrogen) atoms. The van der Waals surface area contributed by atoms with Crippen LogP contribution in [0.2, 0.25) is 5.02 Å². The quantitative estimate of drug-likeness (QED) is 0.286. The number of amides is 1. The van der Waals surface area contributed by atoms with Gasteiger partial charge in [0.15, 0.2) is 4.32 Å². The smallest absolute Gasteiger partial charge is 0.270 e. The Hall–Kier alpha value is -2.67. The number of thiocarbonyl (C=S) groups is 1. The second kappa shape index (κ2) is 9.45. The van der Waals surface area contributed by atoms with Crippen LogP contribution in [0.25, 0.3) is 6.08 Å². The number of thioether (sulfide) groups is 1. The molecule has 7 heteroatoms. The van der Waals surface area contributed by atoms with E-state index in [-0.39, 0.29) is 12.5 Å². The summed E-state index contributed by atoms with van der Waals surface area (Å²) in [5, 5.41) is 0.316. The first-order chi connectivity index (χ1) is 15.3. The molecule has 0 N–H and O–H groups in total. The Labute approximate surface area is 200 Å². The zero-order valence-corrected chi connectivity index (χ0v) is 19.8. The van der Waals surface area contributed by atoms with Gasteiger partial charge in [-0.1, -0.05) is 71.5 Å². The SMILES string of the molecule is Cc1ccc(N2C(=O)/C(=C/c3cccc(OCc4c(F)cccc4Cl)c3)SC2=S)c(C)c1. The Morgan fingerprint density at radius 3 is 2.66 bits per heavy atom. The molecule has 0 spiro atoms. The molecule has 1 fully saturated rings. The maximum atomic E-state index is 14.0. The second-order valence-electron chi connectivity index (χ2n) is 7.37. The molecule has 3 aromatic carbocycles. The largest absolute Gasteiger partial charge is 0.489 e. The summed E-state index contributed by atoms with van der Waals surface area (Å²) in [5.74, 6) is -0.0249. The van der Waals surface area contributed by atoms with Crippen molar-refractivity contribution in [3.63, 3.8) is 0 Å². The van der Waals surface area contributed by atoms with Crippen LogP contribution in [-0.2, 0) is 11.4 Å². The Morgan fingerprint density at radius 2 is 1.91 bits per heavy atom. The van der Waals surface area contributed by atoms with Crippen molar-refractivity contribution in [1.82, 2.24) is 0 Å². The molecule has 0 atom stereocenters. The summed E-state index contributed by atoms with van der Waals surface area (Å²) >= 11 is 12.8. The van der Waals surface area contributed by atoms with Crippen molar-refractivity contribution in [3.8, 4) is 5.75 Å². The van der Waals surface area contributed by atoms with Crippen LogP contribution in [0.1, 0.15) is 22.3 Å². The fourth-order valence-electron chi connectivity index (χ4n) is 3.40. The number of hydrogen-bond acceptors (Lipinski definition) is 4. The summed E-state index contributed by atoms with van der Waals surface area (Å²) in [6.07, 6.45) is 1.78. The summed E-state index contributed by atoms with van der Waals surface area (Å²) in [6, 6.07) is 17.7. The van der Waals surface area contributed by atoms with Crippen LogP contribution in [-0.4, -0.2) is 10.2 Å². The third-order valence-electron chi connectivity index (χ3n) is 4.99. The lowest BCUT2D eigenvalue weighted by Crippen LogP contribution is -2.28. The average molecular weight is 484 g/mol. The van der Waals surface area contributed by atoms with E-state index in [2.05, 4.69) is 0 Å². The van der Waals surface area contributed by atoms with Crippen LogP contribution in [0.5, 0.6) is 5.75 Å². The lowest BCUT2D eigenvalue weighted by Gasteiger charge is -2.17. The van der Waals surface area contributed by atoms with Crippen molar-refractivity contribution >= 4 is 57.6 Å². The van der Waals surface area contributed by atoms with Crippen molar-refractivity contribution < 1.29 is 13.9 Å². The average Bonchev–Trinajstić information content (AvgIpc) is 3.01. The van der Waals surface area contributed by atoms with Crippen molar-refractivity contribution in [2.75, 3.05) is 4.90 Å². The first-order valence-electron chi connectivity index (χ1n) is 9.84. The Morgan fingerprint density at radius 1 is 1.12 bits per heavy atom. The minimum Gasteiger partial charge on any atom is -0.489 e. The predicted molar refractivity (Wildman–Crippen MR) is 134 cm³/mol. The van der Waals surface area contributed by atoms with Gasteiger partial charge in [-0.05, 0) is 61.4 Å². The lowest BCUT2D eigenvalue weighted by molar-refractivity contribution is -0.113. The van der Waals surface area contributed by atoms with Crippen LogP contribution in [0.15, 0.2) is 65.6 Å². The first kappa shape index (κ1) is 22.5. The predicted octanol–water partition coefficient (Wildman–Crippen LogP) is 7.08. The maximum absolute atomic E-state index is 14.0. The van der Waals surface area contributed by atoms with E-state index in [1.165, 1.54) is 17.8 Å². The zero-order chi connectivity index (χ0) is 22.8. The van der Waals surface area contributed by atoms with Crippen LogP contribution in [0.4, 0.5) is 10.1 Å². The van der Waals surface area contributed by atoms with Crippen LogP contribution >= 0.6 is 35.6 Å². The Kier molecular flexibility index (Phi) is 6.65. The molecule has 1 amide bonds. The van der Waals surface area contributed by atoms with Gasteiger partial charge in [-0.2, -0.15) is 0 Å². The summed E-state index contributed by atoms with van der Waals surface area (Å²) in [6.45, 7) is 3.98. The van der Waals surface area contributed by atoms with Crippen LogP contribution in [0.3, 0.4) is 0 Å². The van der Waals surface area contributed by atoms with Crippen molar-refractivity contribution in [3.05, 3.63) is 98.7 Å². The van der Waals surface area contributed by atoms with Gasteiger partial charge in [-0.15, -0.1) is 0 Å². The molecule has 0 aliphatic carbocycles. The number of carbonyl (C=O) groups excluding carboxylic acids is 1. The van der Waals surface area contributed by atoms with E-state index in [0.717, 1.165) is 22.4 Å². The highest BCUT2D eigenvalue weighted by Gasteiger charge is 2.34. The normalized spacial score (nSPS) is 15.0. The molecule has 1 aliphatic heterocycles. The van der Waals surface area contributed by atoms with Gasteiger partial charge in [0, 0.05) is 5.56 Å². The van der Waals surface area contributed by atoms with Gasteiger partial charge >= 0.3 is 0 Å². The molecular weight excluding hydrogens is 465 g/mol. The van der Waals surface area contributed by atoms with Crippen molar-refractivity contribution in [2.45, 2.75) is 20.5 Å². The fraction of sp³-hybridized carbons (Fsp3) is 0.120. The van der Waals surface area contributed by atoms with Crippen molar-refractivity contribution in [1.29, 1.82) is 0 Å². The standard InChI is InChI=1S/C25H19ClFNO2S2/c1-15-9-10-22(16(2)11-15)28-24(29)23(32-25(28)31)13-17-5-3-6-18(12-17)30-14-19-20(26)7-4-8-21(19)27/h3-13H,14H2,1-2H3/b23-13-. The molecule has 1 saturated heterocycles. The third-order valence-corrected chi connectivity index (χ3v) is 6.64. The maximum Gasteiger partial charge on any atom is 0.270 e. The van der Waals surface area contributed by atoms with Crippen molar-refractivity contribution in [2.24, 2.45) is 0 Å². The van der Waals surface area contributed by atoms with Gasteiger partial charge in [-0.3, -0.25) is 9.69 Å². The third kappa shape index (κ3) is 4.72. The van der Waals surface area contributed by atoms with E-state index in [1.54, 1.807) is 35.2 Å². The highest BCUT2D eigenvalue weighted by atomic mass is 35.5. The summed E-state index contributed by atoms with van der Waals surface area (Å²) in [4.78, 5) is 15.2. The number of aryl methyl sites for hydroxylation is 2. The molecule has 0 saturated carbocycles. The number of benzene rings is 3. The number of anilines is 1. The summed E-state index contributed by atoms with van der Waals surface area (Å²) in [7, 11) is 0. The molecule has 4 rings (SSSR count). The molecule has 1 heterocycles. The minimum atomic E-state index is -0.413. The highest BCUT2D eigenvalue weighted by Crippen LogP contribution is 2.37. The Bertz CT molecular complexity index is 1240. The summed E-state index contributed by atoms with van der Waals surface area (Å²) < 4.78 is 20.2. The van der Waals surface area contributed by atoms with E-state index in [4.69, 9.17) is 28.6 Å². The molecule has 0 unspecified atom stereocenters. The number of ether oxygens (including phenoxy) is 1. The van der Waals surface area contributed by atoms with E-state index < -0.39 is 5.82 Å². The molecular formula is C25H19ClFNO2S2. The summed E-state index contributed by atoms with van der Waals surface area (Å²) in [5.41, 5.74) is 3.99. The van der Waals surface area contributed by atoms with Gasteiger partial charge in [0.25, 0.3) is 5.91 Å². The lowest BCUT2D eigenvalue weighted by atomic mass is 10.1. The van der Waals surface area contributed by atoms with Gasteiger partial charge < -0.3 is 4.74 Å². The van der Waals surface area contributed by atoms with Gasteiger partial charge in [0.2, 0.25) is 0 Å². The molecule has 3 nitrogen and oxygen atoms in total. The van der Waals surface area contributed by atoms with E-state index in [1.807, 2.05) is 44.2 Å². The molecule has 0 aromatic heterocycles. The monoisotopic (exact) mass is 483 g/mol. The molecule has 162 valence electrons. The number of nitrogens with zero attached hydrogens (tertiary/aromatic N) is 1. The second-order valence-corrected chi connectivity index (χ2v) is 9.45. The van der Waals surface area contributed by atoms with E-state index in [0.29, 0.717) is 25.6 Å². The topological polar surface area (TPSA) is 29.5 Å². The van der Waals surface area contributed by atoms with Gasteiger partial charge in [0.1, 0.15) is 18.2 Å². The number of halogens is 2. The number of rotatable bonds is 5. The van der Waals surface area contributed by atoms with E-state index >= 15 is 0 Å². The molecule has 3 aromatic rings. The first-order valence-corrected chi connectivity index (χ1v) is 11.4. The molecule has 1 aliphatic rings. The molecule has 0 radical (unpaired) electrons. The Balaban J connectivity index is 1.54. The number of carbonyl (C=O) groups is 1. The fourth-order valence-corrected chi connectivity index (χ4v) is 4.91. The van der Waals surface area contributed by atoms with Gasteiger partial charge in [-0.25, -0.2) is 4.39 Å². The number of hydrogen-bond donors (Lipinski definition) is 0. The van der Waals surface area contributed by atoms with Crippen LogP contribution in [0, 0.1) is 19.7 Å². The molecule has 0 bridgehead atoms. The van der Waals surface area contributed by atoms with Crippen LogP contribution < -0.4 is 9.64 Å². The van der Waals surface area contributed by atoms with E-state index in [9.17, 15) is 9.18 Å². The van der Waals surface area contributed by atoms with Gasteiger partial charge in [0.05, 0.1) is 15.6 Å².